The first kappa shape index (κ1) is 18.6. The summed E-state index contributed by atoms with van der Waals surface area (Å²) in [6.45, 7) is 3.32. The van der Waals surface area contributed by atoms with Gasteiger partial charge in [0.05, 0.1) is 13.7 Å². The smallest absolute Gasteiger partial charge is 0.245 e. The van der Waals surface area contributed by atoms with Crippen LogP contribution in [-0.4, -0.2) is 27.4 Å². The molecule has 1 heterocycles. The topological polar surface area (TPSA) is 61.1 Å². The number of aromatic nitrogens is 3. The van der Waals surface area contributed by atoms with Crippen molar-refractivity contribution in [2.24, 2.45) is 0 Å². The van der Waals surface area contributed by atoms with E-state index in [0.29, 0.717) is 16.3 Å². The average Bonchev–Trinajstić information content (AvgIpc) is 2.88. The molecule has 0 fully saturated rings. The largest absolute Gasteiger partial charge is 0.300 e. The number of carbonyl (C=O) groups excluding carboxylic acids is 1. The lowest BCUT2D eigenvalue weighted by atomic mass is 10.2. The Hall–Kier alpha value is -1.70. The number of benzene rings is 1. The molecule has 1 amide bonds. The minimum absolute atomic E-state index is 0.212. The molecule has 8 heteroatoms. The lowest BCUT2D eigenvalue weighted by Gasteiger charge is -2.05. The maximum absolute atomic E-state index is 11.6. The molecule has 24 heavy (non-hydrogen) atoms. The molecule has 0 radical (unpaired) electrons. The van der Waals surface area contributed by atoms with Crippen molar-refractivity contribution < 1.29 is 9.63 Å². The standard InChI is InChI=1S/C16H21ClN4O2S/c1-3-4-10-20-15(12-5-7-13(17)8-6-12)18-21(16(20)24)11-9-14(22)19-23-2/h5-8H,3-4,9-11H2,1-2H3,(H,19,22). The Kier molecular flexibility index (Phi) is 6.96. The quantitative estimate of drug-likeness (QED) is 0.571. The molecule has 6 nitrogen and oxygen atoms in total. The van der Waals surface area contributed by atoms with E-state index in [1.54, 1.807) is 4.68 Å². The summed E-state index contributed by atoms with van der Waals surface area (Å²) in [6, 6.07) is 7.50. The molecule has 0 atom stereocenters. The molecule has 0 aliphatic rings. The monoisotopic (exact) mass is 368 g/mol. The van der Waals surface area contributed by atoms with Crippen molar-refractivity contribution in [1.29, 1.82) is 0 Å². The Morgan fingerprint density at radius 3 is 2.67 bits per heavy atom. The zero-order valence-electron chi connectivity index (χ0n) is 13.8. The number of nitrogens with zero attached hydrogens (tertiary/aromatic N) is 3. The number of hydroxylamine groups is 1. The molecule has 0 aliphatic heterocycles. The molecule has 0 aliphatic carbocycles. The van der Waals surface area contributed by atoms with Gasteiger partial charge in [0, 0.05) is 23.6 Å². The van der Waals surface area contributed by atoms with Crippen LogP contribution in [0.5, 0.6) is 0 Å². The average molecular weight is 369 g/mol. The van der Waals surface area contributed by atoms with Crippen molar-refractivity contribution in [1.82, 2.24) is 19.8 Å². The molecule has 0 unspecified atom stereocenters. The van der Waals surface area contributed by atoms with Gasteiger partial charge in [-0.3, -0.25) is 14.2 Å². The van der Waals surface area contributed by atoms with E-state index in [1.807, 2.05) is 28.8 Å². The van der Waals surface area contributed by atoms with E-state index in [9.17, 15) is 4.79 Å². The van der Waals surface area contributed by atoms with Crippen LogP contribution in [0.4, 0.5) is 0 Å². The highest BCUT2D eigenvalue weighted by Gasteiger charge is 2.13. The van der Waals surface area contributed by atoms with Gasteiger partial charge >= 0.3 is 0 Å². The number of amides is 1. The van der Waals surface area contributed by atoms with Gasteiger partial charge in [0.1, 0.15) is 0 Å². The van der Waals surface area contributed by atoms with E-state index in [2.05, 4.69) is 22.3 Å². The molecule has 0 bridgehead atoms. The maximum Gasteiger partial charge on any atom is 0.245 e. The summed E-state index contributed by atoms with van der Waals surface area (Å²) in [5, 5.41) is 5.28. The van der Waals surface area contributed by atoms with E-state index in [0.717, 1.165) is 30.8 Å². The number of hydrogen-bond donors (Lipinski definition) is 1. The van der Waals surface area contributed by atoms with Gasteiger partial charge in [-0.25, -0.2) is 10.2 Å². The van der Waals surface area contributed by atoms with Crippen LogP contribution >= 0.6 is 23.8 Å². The van der Waals surface area contributed by atoms with Gasteiger partial charge in [-0.2, -0.15) is 5.10 Å². The Morgan fingerprint density at radius 2 is 2.04 bits per heavy atom. The highest BCUT2D eigenvalue weighted by Crippen LogP contribution is 2.21. The fourth-order valence-electron chi connectivity index (χ4n) is 2.29. The second kappa shape index (κ2) is 8.96. The van der Waals surface area contributed by atoms with E-state index in [-0.39, 0.29) is 12.3 Å². The molecule has 1 aromatic carbocycles. The fourth-order valence-corrected chi connectivity index (χ4v) is 2.73. The zero-order valence-corrected chi connectivity index (χ0v) is 15.4. The lowest BCUT2D eigenvalue weighted by Crippen LogP contribution is -2.23. The van der Waals surface area contributed by atoms with Crippen LogP contribution in [0.3, 0.4) is 0 Å². The second-order valence-electron chi connectivity index (χ2n) is 5.32. The first-order chi connectivity index (χ1) is 11.6. The summed E-state index contributed by atoms with van der Waals surface area (Å²) < 4.78 is 4.30. The maximum atomic E-state index is 11.6. The van der Waals surface area contributed by atoms with Crippen LogP contribution in [0.1, 0.15) is 26.2 Å². The summed E-state index contributed by atoms with van der Waals surface area (Å²) >= 11 is 11.5. The third-order valence-corrected chi connectivity index (χ3v) is 4.21. The van der Waals surface area contributed by atoms with Crippen molar-refractivity contribution in [3.8, 4) is 11.4 Å². The third kappa shape index (κ3) is 4.66. The summed E-state index contributed by atoms with van der Waals surface area (Å²) in [5.74, 6) is 0.577. The molecule has 1 aromatic heterocycles. The van der Waals surface area contributed by atoms with Gasteiger partial charge in [-0.15, -0.1) is 0 Å². The molecular weight excluding hydrogens is 348 g/mol. The number of hydrogen-bond acceptors (Lipinski definition) is 4. The van der Waals surface area contributed by atoms with Crippen molar-refractivity contribution in [2.45, 2.75) is 39.3 Å². The van der Waals surface area contributed by atoms with Gasteiger partial charge < -0.3 is 0 Å². The van der Waals surface area contributed by atoms with E-state index in [4.69, 9.17) is 23.8 Å². The molecule has 1 N–H and O–H groups in total. The number of aryl methyl sites for hydroxylation is 1. The number of halogens is 1. The lowest BCUT2D eigenvalue weighted by molar-refractivity contribution is -0.131. The summed E-state index contributed by atoms with van der Waals surface area (Å²) in [5.41, 5.74) is 3.24. The summed E-state index contributed by atoms with van der Waals surface area (Å²) in [4.78, 5) is 16.2. The fraction of sp³-hybridized carbons (Fsp3) is 0.438. The predicted octanol–water partition coefficient (Wildman–Crippen LogP) is 3.60. The highest BCUT2D eigenvalue weighted by atomic mass is 35.5. The van der Waals surface area contributed by atoms with Gasteiger partial charge in [-0.1, -0.05) is 24.9 Å². The Balaban J connectivity index is 2.31. The molecule has 0 spiro atoms. The van der Waals surface area contributed by atoms with Crippen LogP contribution in [-0.2, 0) is 22.7 Å². The number of carbonyl (C=O) groups is 1. The van der Waals surface area contributed by atoms with Crippen LogP contribution in [0.2, 0.25) is 5.02 Å². The van der Waals surface area contributed by atoms with Crippen LogP contribution in [0.25, 0.3) is 11.4 Å². The van der Waals surface area contributed by atoms with E-state index < -0.39 is 0 Å². The van der Waals surface area contributed by atoms with Gasteiger partial charge in [0.25, 0.3) is 0 Å². The molecule has 2 rings (SSSR count). The number of nitrogens with one attached hydrogen (secondary N) is 1. The van der Waals surface area contributed by atoms with Crippen molar-refractivity contribution in [3.05, 3.63) is 34.1 Å². The van der Waals surface area contributed by atoms with Gasteiger partial charge in [-0.05, 0) is 42.9 Å². The second-order valence-corrected chi connectivity index (χ2v) is 6.12. The number of unbranched alkanes of at least 4 members (excludes halogenated alkanes) is 1. The Bertz CT molecular complexity index is 740. The van der Waals surface area contributed by atoms with E-state index >= 15 is 0 Å². The van der Waals surface area contributed by atoms with E-state index in [1.165, 1.54) is 7.11 Å². The van der Waals surface area contributed by atoms with Crippen LogP contribution in [0, 0.1) is 4.77 Å². The third-order valence-electron chi connectivity index (χ3n) is 3.53. The van der Waals surface area contributed by atoms with Crippen molar-refractivity contribution in [2.75, 3.05) is 7.11 Å². The Morgan fingerprint density at radius 1 is 1.33 bits per heavy atom. The van der Waals surface area contributed by atoms with Crippen LogP contribution < -0.4 is 5.48 Å². The molecule has 2 aromatic rings. The molecule has 130 valence electrons. The minimum Gasteiger partial charge on any atom is -0.300 e. The summed E-state index contributed by atoms with van der Waals surface area (Å²) in [6.07, 6.45) is 2.31. The first-order valence-electron chi connectivity index (χ1n) is 7.82. The van der Waals surface area contributed by atoms with Gasteiger partial charge in [0.15, 0.2) is 10.6 Å². The number of rotatable bonds is 8. The van der Waals surface area contributed by atoms with Gasteiger partial charge in [0.2, 0.25) is 5.91 Å². The molecule has 0 saturated heterocycles. The van der Waals surface area contributed by atoms with Crippen LogP contribution in [0.15, 0.2) is 24.3 Å². The minimum atomic E-state index is -0.212. The van der Waals surface area contributed by atoms with Crippen molar-refractivity contribution >= 4 is 29.7 Å². The molecule has 0 saturated carbocycles. The molecular formula is C16H21ClN4O2S. The first-order valence-corrected chi connectivity index (χ1v) is 8.60. The Labute approximate surface area is 151 Å². The zero-order chi connectivity index (χ0) is 17.5. The SMILES string of the molecule is CCCCn1c(-c2ccc(Cl)cc2)nn(CCC(=O)NOC)c1=S. The van der Waals surface area contributed by atoms with Crippen molar-refractivity contribution in [3.63, 3.8) is 0 Å². The highest BCUT2D eigenvalue weighted by molar-refractivity contribution is 7.71. The predicted molar refractivity (Wildman–Crippen MR) is 96.2 cm³/mol. The summed E-state index contributed by atoms with van der Waals surface area (Å²) in [7, 11) is 1.40. The normalized spacial score (nSPS) is 10.8.